The number of ether oxygens (including phenoxy) is 2. The number of rotatable bonds is 6. The fraction of sp³-hybridized carbons (Fsp3) is 0.400. The number of carbonyl (C=O) groups is 1. The van der Waals surface area contributed by atoms with Crippen LogP contribution in [0.3, 0.4) is 0 Å². The van der Waals surface area contributed by atoms with E-state index in [9.17, 15) is 9.90 Å². The van der Waals surface area contributed by atoms with Crippen LogP contribution < -0.4 is 9.64 Å². The molecule has 1 saturated heterocycles. The number of pyridine rings is 1. The molecule has 2 heterocycles. The van der Waals surface area contributed by atoms with Crippen LogP contribution >= 0.6 is 0 Å². The number of hydrogen-bond acceptors (Lipinski definition) is 6. The molecule has 1 aliphatic rings. The minimum Gasteiger partial charge on any atom is -0.481 e. The van der Waals surface area contributed by atoms with E-state index in [1.165, 1.54) is 6.20 Å². The number of methoxy groups -OCH3 is 1. The van der Waals surface area contributed by atoms with Gasteiger partial charge >= 0.3 is 5.97 Å². The van der Waals surface area contributed by atoms with Crippen LogP contribution in [-0.4, -0.2) is 42.9 Å². The van der Waals surface area contributed by atoms with E-state index >= 15 is 0 Å². The van der Waals surface area contributed by atoms with E-state index in [0.29, 0.717) is 17.4 Å². The van der Waals surface area contributed by atoms with Gasteiger partial charge < -0.3 is 19.5 Å². The molecule has 138 valence electrons. The Kier molecular flexibility index (Phi) is 6.07. The van der Waals surface area contributed by atoms with Crippen LogP contribution in [0.15, 0.2) is 42.6 Å². The van der Waals surface area contributed by atoms with Gasteiger partial charge in [0.05, 0.1) is 12.8 Å². The Morgan fingerprint density at radius 1 is 1.27 bits per heavy atom. The van der Waals surface area contributed by atoms with E-state index < -0.39 is 5.97 Å². The average Bonchev–Trinajstić information content (AvgIpc) is 2.72. The van der Waals surface area contributed by atoms with Gasteiger partial charge in [0.15, 0.2) is 0 Å². The fourth-order valence-electron chi connectivity index (χ4n) is 3.11. The van der Waals surface area contributed by atoms with Crippen LogP contribution in [0.4, 0.5) is 5.69 Å². The fourth-order valence-corrected chi connectivity index (χ4v) is 3.11. The first-order chi connectivity index (χ1) is 12.7. The SMILES string of the molecule is COc1cc(N2CCC(CO)CC2)c(C(=O)OCc2ccccc2)cn1. The molecule has 6 heteroatoms. The van der Waals surface area contributed by atoms with Crippen molar-refractivity contribution < 1.29 is 19.4 Å². The van der Waals surface area contributed by atoms with E-state index in [0.717, 1.165) is 37.2 Å². The van der Waals surface area contributed by atoms with E-state index in [1.807, 2.05) is 30.3 Å². The van der Waals surface area contributed by atoms with E-state index in [4.69, 9.17) is 9.47 Å². The summed E-state index contributed by atoms with van der Waals surface area (Å²) in [5.74, 6) is 0.385. The third-order valence-electron chi connectivity index (χ3n) is 4.71. The van der Waals surface area contributed by atoms with Gasteiger partial charge in [0.1, 0.15) is 12.2 Å². The van der Waals surface area contributed by atoms with Crippen molar-refractivity contribution in [2.24, 2.45) is 5.92 Å². The molecule has 1 aromatic heterocycles. The summed E-state index contributed by atoms with van der Waals surface area (Å²) in [5, 5.41) is 9.33. The summed E-state index contributed by atoms with van der Waals surface area (Å²) >= 11 is 0. The lowest BCUT2D eigenvalue weighted by Gasteiger charge is -2.33. The molecule has 1 aromatic carbocycles. The summed E-state index contributed by atoms with van der Waals surface area (Å²) in [6.07, 6.45) is 3.29. The van der Waals surface area contributed by atoms with Crippen molar-refractivity contribution in [3.63, 3.8) is 0 Å². The molecule has 1 N–H and O–H groups in total. The van der Waals surface area contributed by atoms with Gasteiger partial charge in [-0.3, -0.25) is 0 Å². The average molecular weight is 356 g/mol. The number of piperidine rings is 1. The Hall–Kier alpha value is -2.60. The van der Waals surface area contributed by atoms with E-state index in [1.54, 1.807) is 13.2 Å². The first-order valence-corrected chi connectivity index (χ1v) is 8.82. The molecular weight excluding hydrogens is 332 g/mol. The number of benzene rings is 1. The first-order valence-electron chi connectivity index (χ1n) is 8.82. The Balaban J connectivity index is 1.76. The largest absolute Gasteiger partial charge is 0.481 e. The molecule has 0 bridgehead atoms. The Bertz CT molecular complexity index is 728. The van der Waals surface area contributed by atoms with Crippen LogP contribution in [-0.2, 0) is 11.3 Å². The minimum atomic E-state index is -0.400. The van der Waals surface area contributed by atoms with Gasteiger partial charge in [-0.25, -0.2) is 9.78 Å². The van der Waals surface area contributed by atoms with Gasteiger partial charge in [-0.1, -0.05) is 30.3 Å². The zero-order valence-corrected chi connectivity index (χ0v) is 14.9. The lowest BCUT2D eigenvalue weighted by Crippen LogP contribution is -2.35. The van der Waals surface area contributed by atoms with Crippen LogP contribution in [0.2, 0.25) is 0 Å². The number of anilines is 1. The summed E-state index contributed by atoms with van der Waals surface area (Å²) < 4.78 is 10.7. The summed E-state index contributed by atoms with van der Waals surface area (Å²) in [7, 11) is 1.55. The lowest BCUT2D eigenvalue weighted by molar-refractivity contribution is 0.0472. The van der Waals surface area contributed by atoms with Crippen LogP contribution in [0.25, 0.3) is 0 Å². The number of aromatic nitrogens is 1. The standard InChI is InChI=1S/C20H24N2O4/c1-25-19-11-18(22-9-7-15(13-23)8-10-22)17(12-21-19)20(24)26-14-16-5-3-2-4-6-16/h2-6,11-12,15,23H,7-10,13-14H2,1H3. The van der Waals surface area contributed by atoms with Gasteiger partial charge in [-0.05, 0) is 24.3 Å². The topological polar surface area (TPSA) is 71.9 Å². The van der Waals surface area contributed by atoms with E-state index in [2.05, 4.69) is 9.88 Å². The maximum Gasteiger partial charge on any atom is 0.342 e. The summed E-state index contributed by atoms with van der Waals surface area (Å²) in [4.78, 5) is 18.9. The highest BCUT2D eigenvalue weighted by atomic mass is 16.5. The predicted octanol–water partition coefficient (Wildman–Crippen LogP) is 2.66. The molecule has 0 amide bonds. The van der Waals surface area contributed by atoms with Crippen molar-refractivity contribution in [2.45, 2.75) is 19.4 Å². The molecule has 3 rings (SSSR count). The number of carbonyl (C=O) groups excluding carboxylic acids is 1. The van der Waals surface area contributed by atoms with Gasteiger partial charge in [0, 0.05) is 32.0 Å². The quantitative estimate of drug-likeness (QED) is 0.803. The lowest BCUT2D eigenvalue weighted by atomic mass is 9.97. The van der Waals surface area contributed by atoms with Crippen molar-refractivity contribution in [3.8, 4) is 5.88 Å². The monoisotopic (exact) mass is 356 g/mol. The molecule has 6 nitrogen and oxygen atoms in total. The van der Waals surface area contributed by atoms with Crippen molar-refractivity contribution in [2.75, 3.05) is 31.7 Å². The number of aliphatic hydroxyl groups is 1. The van der Waals surface area contributed by atoms with Crippen molar-refractivity contribution in [1.82, 2.24) is 4.98 Å². The first kappa shape index (κ1) is 18.2. The maximum absolute atomic E-state index is 12.6. The summed E-state index contributed by atoms with van der Waals surface area (Å²) in [6, 6.07) is 11.4. The number of hydrogen-bond donors (Lipinski definition) is 1. The van der Waals surface area contributed by atoms with E-state index in [-0.39, 0.29) is 13.2 Å². The molecule has 2 aromatic rings. The van der Waals surface area contributed by atoms with Gasteiger partial charge in [0.2, 0.25) is 5.88 Å². The Labute approximate surface area is 153 Å². The van der Waals surface area contributed by atoms with Gasteiger partial charge in [0.25, 0.3) is 0 Å². The normalized spacial score (nSPS) is 14.9. The maximum atomic E-state index is 12.6. The molecule has 0 atom stereocenters. The third-order valence-corrected chi connectivity index (χ3v) is 4.71. The van der Waals surface area contributed by atoms with Crippen molar-refractivity contribution >= 4 is 11.7 Å². The van der Waals surface area contributed by atoms with Crippen molar-refractivity contribution in [3.05, 3.63) is 53.7 Å². The predicted molar refractivity (Wildman–Crippen MR) is 98.4 cm³/mol. The summed E-state index contributed by atoms with van der Waals surface area (Å²) in [5.41, 5.74) is 2.14. The Morgan fingerprint density at radius 2 is 2.00 bits per heavy atom. The van der Waals surface area contributed by atoms with Gasteiger partial charge in [-0.2, -0.15) is 0 Å². The highest BCUT2D eigenvalue weighted by molar-refractivity contribution is 5.95. The highest BCUT2D eigenvalue weighted by Crippen LogP contribution is 2.29. The molecule has 1 fully saturated rings. The van der Waals surface area contributed by atoms with Crippen LogP contribution in [0.1, 0.15) is 28.8 Å². The molecule has 0 aliphatic carbocycles. The zero-order chi connectivity index (χ0) is 18.4. The van der Waals surface area contributed by atoms with Crippen LogP contribution in [0, 0.1) is 5.92 Å². The van der Waals surface area contributed by atoms with Crippen LogP contribution in [0.5, 0.6) is 5.88 Å². The second-order valence-corrected chi connectivity index (χ2v) is 6.42. The highest BCUT2D eigenvalue weighted by Gasteiger charge is 2.24. The zero-order valence-electron chi connectivity index (χ0n) is 14.9. The molecule has 0 unspecified atom stereocenters. The minimum absolute atomic E-state index is 0.208. The molecular formula is C20H24N2O4. The number of esters is 1. The molecule has 26 heavy (non-hydrogen) atoms. The summed E-state index contributed by atoms with van der Waals surface area (Å²) in [6.45, 7) is 1.98. The van der Waals surface area contributed by atoms with Crippen molar-refractivity contribution in [1.29, 1.82) is 0 Å². The second-order valence-electron chi connectivity index (χ2n) is 6.42. The number of aliphatic hydroxyl groups excluding tert-OH is 1. The molecule has 1 aliphatic heterocycles. The third kappa shape index (κ3) is 4.32. The Morgan fingerprint density at radius 3 is 2.65 bits per heavy atom. The number of nitrogens with zero attached hydrogens (tertiary/aromatic N) is 2. The smallest absolute Gasteiger partial charge is 0.342 e. The van der Waals surface area contributed by atoms with Gasteiger partial charge in [-0.15, -0.1) is 0 Å². The molecule has 0 radical (unpaired) electrons. The molecule has 0 saturated carbocycles. The second kappa shape index (κ2) is 8.67. The molecule has 0 spiro atoms.